The fourth-order valence-corrected chi connectivity index (χ4v) is 2.54. The summed E-state index contributed by atoms with van der Waals surface area (Å²) in [6.45, 7) is 13.0. The highest BCUT2D eigenvalue weighted by Crippen LogP contribution is 2.34. The first kappa shape index (κ1) is 20.0. The van der Waals surface area contributed by atoms with Gasteiger partial charge in [0.15, 0.2) is 0 Å². The first-order valence-corrected chi connectivity index (χ1v) is 8.95. The fourth-order valence-electron chi connectivity index (χ4n) is 2.54. The predicted molar refractivity (Wildman–Crippen MR) is 108 cm³/mol. The highest BCUT2D eigenvalue weighted by Gasteiger charge is 2.19. The van der Waals surface area contributed by atoms with E-state index in [-0.39, 0.29) is 11.2 Å². The molecule has 0 N–H and O–H groups in total. The molecule has 0 aliphatic heterocycles. The Morgan fingerprint density at radius 2 is 1.81 bits per heavy atom. The Hall–Kier alpha value is -2.36. The van der Waals surface area contributed by atoms with E-state index in [4.69, 9.17) is 4.74 Å². The highest BCUT2D eigenvalue weighted by atomic mass is 19.1. The van der Waals surface area contributed by atoms with Crippen molar-refractivity contribution in [3.8, 4) is 11.5 Å². The number of benzene rings is 2. The van der Waals surface area contributed by atoms with Gasteiger partial charge < -0.3 is 9.64 Å². The summed E-state index contributed by atoms with van der Waals surface area (Å²) < 4.78 is 20.2. The van der Waals surface area contributed by atoms with E-state index in [0.717, 1.165) is 29.1 Å². The molecule has 0 saturated heterocycles. The van der Waals surface area contributed by atoms with Crippen LogP contribution in [0.1, 0.15) is 44.4 Å². The number of rotatable bonds is 5. The molecule has 3 nitrogen and oxygen atoms in total. The second kappa shape index (κ2) is 7.90. The lowest BCUT2D eigenvalue weighted by atomic mass is 9.86. The van der Waals surface area contributed by atoms with E-state index < -0.39 is 0 Å². The fraction of sp³-hybridized carbons (Fsp3) is 0.409. The maximum atomic E-state index is 14.1. The van der Waals surface area contributed by atoms with Crippen LogP contribution in [0.2, 0.25) is 0 Å². The Bertz CT molecular complexity index is 807. The van der Waals surface area contributed by atoms with Gasteiger partial charge in [-0.1, -0.05) is 20.8 Å². The van der Waals surface area contributed by atoms with Crippen LogP contribution in [0.3, 0.4) is 0 Å². The van der Waals surface area contributed by atoms with Crippen LogP contribution in [0, 0.1) is 19.7 Å². The molecule has 0 spiro atoms. The van der Waals surface area contributed by atoms with Crippen LogP contribution in [-0.4, -0.2) is 24.8 Å². The number of ether oxygens (including phenoxy) is 1. The summed E-state index contributed by atoms with van der Waals surface area (Å²) in [5.41, 5.74) is 3.31. The molecule has 0 aliphatic carbocycles. The summed E-state index contributed by atoms with van der Waals surface area (Å²) in [7, 11) is 1.99. The Labute approximate surface area is 156 Å². The van der Waals surface area contributed by atoms with Crippen molar-refractivity contribution < 1.29 is 9.13 Å². The molecule has 0 atom stereocenters. The van der Waals surface area contributed by atoms with Crippen LogP contribution < -0.4 is 4.74 Å². The number of halogens is 1. The summed E-state index contributed by atoms with van der Waals surface area (Å²) in [5, 5.41) is 0. The van der Waals surface area contributed by atoms with E-state index in [9.17, 15) is 4.39 Å². The van der Waals surface area contributed by atoms with Crippen LogP contribution in [0.25, 0.3) is 0 Å². The molecule has 140 valence electrons. The molecule has 0 heterocycles. The molecule has 2 aromatic rings. The van der Waals surface area contributed by atoms with Gasteiger partial charge >= 0.3 is 0 Å². The first-order chi connectivity index (χ1) is 12.1. The Kier molecular flexibility index (Phi) is 6.06. The molecule has 0 unspecified atom stereocenters. The van der Waals surface area contributed by atoms with Crippen molar-refractivity contribution in [1.29, 1.82) is 0 Å². The van der Waals surface area contributed by atoms with Crippen LogP contribution >= 0.6 is 0 Å². The molecular formula is C22H29FN2O. The lowest BCUT2D eigenvalue weighted by Crippen LogP contribution is -2.14. The molecule has 4 heteroatoms. The van der Waals surface area contributed by atoms with Gasteiger partial charge in [-0.05, 0) is 73.2 Å². The van der Waals surface area contributed by atoms with Gasteiger partial charge in [0.2, 0.25) is 0 Å². The number of nitrogens with zero attached hydrogens (tertiary/aromatic N) is 2. The zero-order valence-electron chi connectivity index (χ0n) is 16.9. The van der Waals surface area contributed by atoms with Gasteiger partial charge in [-0.3, -0.25) is 0 Å². The SMILES string of the molecule is CCN(C)/C=N/c1cc(C)c(Oc2ccc(F)c(C(C)(C)C)c2)cc1C. The van der Waals surface area contributed by atoms with Crippen LogP contribution in [-0.2, 0) is 5.41 Å². The van der Waals surface area contributed by atoms with Crippen molar-refractivity contribution in [3.63, 3.8) is 0 Å². The van der Waals surface area contributed by atoms with Gasteiger partial charge in [0.05, 0.1) is 12.0 Å². The van der Waals surface area contributed by atoms with Gasteiger partial charge in [0.1, 0.15) is 17.3 Å². The number of hydrogen-bond acceptors (Lipinski definition) is 2. The first-order valence-electron chi connectivity index (χ1n) is 8.95. The van der Waals surface area contributed by atoms with Gasteiger partial charge in [-0.15, -0.1) is 0 Å². The molecule has 26 heavy (non-hydrogen) atoms. The Balaban J connectivity index is 2.31. The van der Waals surface area contributed by atoms with E-state index in [1.54, 1.807) is 12.1 Å². The van der Waals surface area contributed by atoms with Gasteiger partial charge in [0.25, 0.3) is 0 Å². The van der Waals surface area contributed by atoms with E-state index >= 15 is 0 Å². The highest BCUT2D eigenvalue weighted by molar-refractivity contribution is 5.64. The number of aliphatic imine (C=N–C) groups is 1. The van der Waals surface area contributed by atoms with Crippen LogP contribution in [0.15, 0.2) is 35.3 Å². The van der Waals surface area contributed by atoms with Crippen molar-refractivity contribution in [3.05, 3.63) is 52.8 Å². The van der Waals surface area contributed by atoms with Crippen molar-refractivity contribution in [2.24, 2.45) is 4.99 Å². The van der Waals surface area contributed by atoms with Crippen LogP contribution in [0.5, 0.6) is 11.5 Å². The zero-order chi connectivity index (χ0) is 19.5. The lowest BCUT2D eigenvalue weighted by molar-refractivity contribution is 0.466. The molecule has 2 aromatic carbocycles. The maximum Gasteiger partial charge on any atom is 0.130 e. The van der Waals surface area contributed by atoms with Crippen molar-refractivity contribution in [2.45, 2.75) is 47.0 Å². The van der Waals surface area contributed by atoms with Crippen LogP contribution in [0.4, 0.5) is 10.1 Å². The zero-order valence-corrected chi connectivity index (χ0v) is 16.9. The third kappa shape index (κ3) is 4.84. The molecule has 0 saturated carbocycles. The molecule has 0 aliphatic rings. The number of hydrogen-bond donors (Lipinski definition) is 0. The summed E-state index contributed by atoms with van der Waals surface area (Å²) >= 11 is 0. The second-order valence-electron chi connectivity index (χ2n) is 7.72. The summed E-state index contributed by atoms with van der Waals surface area (Å²) in [6, 6.07) is 8.91. The van der Waals surface area contributed by atoms with E-state index in [1.165, 1.54) is 6.07 Å². The van der Waals surface area contributed by atoms with Gasteiger partial charge in [-0.25, -0.2) is 9.38 Å². The lowest BCUT2D eigenvalue weighted by Gasteiger charge is -2.21. The molecule has 0 amide bonds. The molecule has 0 bridgehead atoms. The largest absolute Gasteiger partial charge is 0.457 e. The predicted octanol–water partition coefficient (Wildman–Crippen LogP) is 6.14. The van der Waals surface area contributed by atoms with Gasteiger partial charge in [0, 0.05) is 13.6 Å². The minimum atomic E-state index is -0.279. The third-order valence-electron chi connectivity index (χ3n) is 4.36. The minimum Gasteiger partial charge on any atom is -0.457 e. The topological polar surface area (TPSA) is 24.8 Å². The average molecular weight is 356 g/mol. The Morgan fingerprint density at radius 1 is 1.12 bits per heavy atom. The quantitative estimate of drug-likeness (QED) is 0.474. The number of aryl methyl sites for hydroxylation is 2. The average Bonchev–Trinajstić information content (AvgIpc) is 2.56. The van der Waals surface area contributed by atoms with Crippen molar-refractivity contribution >= 4 is 12.0 Å². The second-order valence-corrected chi connectivity index (χ2v) is 7.72. The molecule has 0 fully saturated rings. The maximum absolute atomic E-state index is 14.1. The Morgan fingerprint density at radius 3 is 2.42 bits per heavy atom. The molecule has 0 aromatic heterocycles. The van der Waals surface area contributed by atoms with E-state index in [0.29, 0.717) is 11.3 Å². The third-order valence-corrected chi connectivity index (χ3v) is 4.36. The minimum absolute atomic E-state index is 0.206. The van der Waals surface area contributed by atoms with E-state index in [1.807, 2.05) is 65.0 Å². The normalized spacial score (nSPS) is 11.8. The summed E-state index contributed by atoms with van der Waals surface area (Å²) in [4.78, 5) is 6.56. The monoisotopic (exact) mass is 356 g/mol. The van der Waals surface area contributed by atoms with Crippen molar-refractivity contribution in [1.82, 2.24) is 4.90 Å². The van der Waals surface area contributed by atoms with E-state index in [2.05, 4.69) is 11.9 Å². The smallest absolute Gasteiger partial charge is 0.130 e. The standard InChI is InChI=1S/C22H29FN2O/c1-8-25(7)14-24-20-11-16(3)21(12-15(20)2)26-17-9-10-19(23)18(13-17)22(4,5)6/h9-14H,8H2,1-7H3/b24-14+. The molecule has 0 radical (unpaired) electrons. The summed E-state index contributed by atoms with van der Waals surface area (Å²) in [5.74, 6) is 1.19. The summed E-state index contributed by atoms with van der Waals surface area (Å²) in [6.07, 6.45) is 1.83. The molecular weight excluding hydrogens is 327 g/mol. The van der Waals surface area contributed by atoms with Crippen molar-refractivity contribution in [2.75, 3.05) is 13.6 Å². The molecule has 2 rings (SSSR count). The van der Waals surface area contributed by atoms with Gasteiger partial charge in [-0.2, -0.15) is 0 Å².